The van der Waals surface area contributed by atoms with Gasteiger partial charge in [0.1, 0.15) is 11.9 Å². The number of carbonyl (C=O) groups is 2. The van der Waals surface area contributed by atoms with Crippen LogP contribution in [0.1, 0.15) is 56.2 Å². The summed E-state index contributed by atoms with van der Waals surface area (Å²) < 4.78 is 41.0. The minimum Gasteiger partial charge on any atom is -0.354 e. The fraction of sp³-hybridized carbons (Fsp3) is 0.412. The van der Waals surface area contributed by atoms with Gasteiger partial charge in [-0.05, 0) is 72.6 Å². The SMILES string of the molecule is CC(C)CCNC(=O)[C@H](Cc1ccccc1)N(Cc1ccc(F)cc1)C(=O)CCc1ccc(S(=O)(=O)N2CCCC2)cc1. The molecule has 1 atom stereocenters. The lowest BCUT2D eigenvalue weighted by Crippen LogP contribution is -2.50. The van der Waals surface area contributed by atoms with Crippen LogP contribution in [0.5, 0.6) is 0 Å². The highest BCUT2D eigenvalue weighted by molar-refractivity contribution is 7.89. The molecule has 7 nitrogen and oxygen atoms in total. The highest BCUT2D eigenvalue weighted by Gasteiger charge is 2.30. The van der Waals surface area contributed by atoms with Crippen LogP contribution in [0.3, 0.4) is 0 Å². The Labute approximate surface area is 255 Å². The number of sulfonamides is 1. The van der Waals surface area contributed by atoms with Crippen molar-refractivity contribution in [2.24, 2.45) is 5.92 Å². The molecule has 0 unspecified atom stereocenters. The third kappa shape index (κ3) is 9.21. The lowest BCUT2D eigenvalue weighted by molar-refractivity contribution is -0.141. The van der Waals surface area contributed by atoms with Crippen LogP contribution in [0, 0.1) is 11.7 Å². The number of hydrogen-bond donors (Lipinski definition) is 1. The van der Waals surface area contributed by atoms with E-state index in [4.69, 9.17) is 0 Å². The van der Waals surface area contributed by atoms with E-state index < -0.39 is 16.1 Å². The monoisotopic (exact) mass is 607 g/mol. The van der Waals surface area contributed by atoms with E-state index in [-0.39, 0.29) is 35.5 Å². The number of amides is 2. The van der Waals surface area contributed by atoms with E-state index in [2.05, 4.69) is 19.2 Å². The molecule has 1 fully saturated rings. The summed E-state index contributed by atoms with van der Waals surface area (Å²) >= 11 is 0. The van der Waals surface area contributed by atoms with Gasteiger partial charge in [-0.1, -0.05) is 68.4 Å². The molecular weight excluding hydrogens is 565 g/mol. The number of aryl methyl sites for hydroxylation is 1. The van der Waals surface area contributed by atoms with E-state index in [0.717, 1.165) is 36.0 Å². The van der Waals surface area contributed by atoms with Crippen LogP contribution in [-0.4, -0.2) is 55.1 Å². The van der Waals surface area contributed by atoms with Gasteiger partial charge in [0.05, 0.1) is 4.90 Å². The number of hydrogen-bond acceptors (Lipinski definition) is 4. The second-order valence-corrected chi connectivity index (χ2v) is 13.5. The number of carbonyl (C=O) groups excluding carboxylic acids is 2. The summed E-state index contributed by atoms with van der Waals surface area (Å²) in [5.41, 5.74) is 2.48. The molecule has 0 radical (unpaired) electrons. The first kappa shape index (κ1) is 32.4. The zero-order chi connectivity index (χ0) is 30.8. The summed E-state index contributed by atoms with van der Waals surface area (Å²) in [6.07, 6.45) is 3.41. The maximum absolute atomic E-state index is 13.9. The zero-order valence-corrected chi connectivity index (χ0v) is 25.9. The van der Waals surface area contributed by atoms with E-state index >= 15 is 0 Å². The molecule has 1 heterocycles. The summed E-state index contributed by atoms with van der Waals surface area (Å²) in [7, 11) is -3.51. The summed E-state index contributed by atoms with van der Waals surface area (Å²) in [6.45, 7) is 5.92. The first-order valence-corrected chi connectivity index (χ1v) is 16.5. The predicted molar refractivity (Wildman–Crippen MR) is 166 cm³/mol. The van der Waals surface area contributed by atoms with Gasteiger partial charge in [0.2, 0.25) is 21.8 Å². The van der Waals surface area contributed by atoms with Gasteiger partial charge < -0.3 is 10.2 Å². The quantitative estimate of drug-likeness (QED) is 0.268. The maximum atomic E-state index is 13.9. The van der Waals surface area contributed by atoms with Crippen molar-refractivity contribution in [3.63, 3.8) is 0 Å². The van der Waals surface area contributed by atoms with Crippen molar-refractivity contribution in [3.05, 3.63) is 101 Å². The normalized spacial score (nSPS) is 14.5. The van der Waals surface area contributed by atoms with E-state index in [1.807, 2.05) is 30.3 Å². The topological polar surface area (TPSA) is 86.8 Å². The molecule has 0 spiro atoms. The fourth-order valence-electron chi connectivity index (χ4n) is 5.24. The molecule has 9 heteroatoms. The lowest BCUT2D eigenvalue weighted by atomic mass is 10.0. The minimum atomic E-state index is -3.51. The molecule has 3 aromatic carbocycles. The standard InChI is InChI=1S/C34H42FN3O4S/c1-26(2)20-21-36-34(40)32(24-28-8-4-3-5-9-28)38(25-29-10-15-30(35)16-11-29)33(39)19-14-27-12-17-31(18-13-27)43(41,42)37-22-6-7-23-37/h3-5,8-13,15-18,26,32H,6-7,14,19-25H2,1-2H3,(H,36,40)/t32-/m0/s1. The molecular formula is C34H42FN3O4S. The van der Waals surface area contributed by atoms with Gasteiger partial charge in [-0.15, -0.1) is 0 Å². The van der Waals surface area contributed by atoms with E-state index in [9.17, 15) is 22.4 Å². The largest absolute Gasteiger partial charge is 0.354 e. The molecule has 1 saturated heterocycles. The van der Waals surface area contributed by atoms with Crippen molar-refractivity contribution < 1.29 is 22.4 Å². The van der Waals surface area contributed by atoms with Gasteiger partial charge in [0.25, 0.3) is 0 Å². The average molecular weight is 608 g/mol. The molecule has 2 amide bonds. The molecule has 0 saturated carbocycles. The molecule has 1 aliphatic rings. The third-order valence-electron chi connectivity index (χ3n) is 7.81. The van der Waals surface area contributed by atoms with E-state index in [0.29, 0.717) is 38.4 Å². The second kappa shape index (κ2) is 15.3. The zero-order valence-electron chi connectivity index (χ0n) is 25.0. The Bertz CT molecular complexity index is 1440. The van der Waals surface area contributed by atoms with Gasteiger partial charge in [-0.2, -0.15) is 4.31 Å². The summed E-state index contributed by atoms with van der Waals surface area (Å²) in [5.74, 6) is -0.389. The first-order valence-electron chi connectivity index (χ1n) is 15.1. The van der Waals surface area contributed by atoms with Crippen molar-refractivity contribution in [1.82, 2.24) is 14.5 Å². The number of rotatable bonds is 14. The Morgan fingerprint density at radius 3 is 2.14 bits per heavy atom. The van der Waals surface area contributed by atoms with Crippen molar-refractivity contribution in [3.8, 4) is 0 Å². The molecule has 4 rings (SSSR count). The molecule has 1 aliphatic heterocycles. The number of halogens is 1. The Morgan fingerprint density at radius 1 is 0.884 bits per heavy atom. The number of nitrogens with one attached hydrogen (secondary N) is 1. The molecule has 0 bridgehead atoms. The van der Waals surface area contributed by atoms with E-state index in [1.54, 1.807) is 41.3 Å². The highest BCUT2D eigenvalue weighted by Crippen LogP contribution is 2.22. The van der Waals surface area contributed by atoms with Crippen molar-refractivity contribution in [2.45, 2.75) is 69.9 Å². The highest BCUT2D eigenvalue weighted by atomic mass is 32.2. The Balaban J connectivity index is 1.54. The third-order valence-corrected chi connectivity index (χ3v) is 9.72. The van der Waals surface area contributed by atoms with Crippen LogP contribution in [0.2, 0.25) is 0 Å². The number of benzene rings is 3. The van der Waals surface area contributed by atoms with E-state index in [1.165, 1.54) is 16.4 Å². The van der Waals surface area contributed by atoms with Gasteiger partial charge in [-0.3, -0.25) is 9.59 Å². The number of nitrogens with zero attached hydrogens (tertiary/aromatic N) is 2. The van der Waals surface area contributed by atoms with Gasteiger partial charge in [0, 0.05) is 39.0 Å². The van der Waals surface area contributed by atoms with Gasteiger partial charge >= 0.3 is 0 Å². The fourth-order valence-corrected chi connectivity index (χ4v) is 6.76. The Hall–Kier alpha value is -3.56. The van der Waals surface area contributed by atoms with Crippen molar-refractivity contribution >= 4 is 21.8 Å². The summed E-state index contributed by atoms with van der Waals surface area (Å²) in [5, 5.41) is 3.03. The van der Waals surface area contributed by atoms with Crippen molar-refractivity contribution in [1.29, 1.82) is 0 Å². The smallest absolute Gasteiger partial charge is 0.243 e. The van der Waals surface area contributed by atoms with Gasteiger partial charge in [-0.25, -0.2) is 12.8 Å². The van der Waals surface area contributed by atoms with Crippen LogP contribution in [-0.2, 0) is 39.0 Å². The maximum Gasteiger partial charge on any atom is 0.243 e. The second-order valence-electron chi connectivity index (χ2n) is 11.6. The molecule has 1 N–H and O–H groups in total. The average Bonchev–Trinajstić information content (AvgIpc) is 3.55. The summed E-state index contributed by atoms with van der Waals surface area (Å²) in [6, 6.07) is 21.5. The molecule has 43 heavy (non-hydrogen) atoms. The first-order chi connectivity index (χ1) is 20.6. The van der Waals surface area contributed by atoms with Crippen molar-refractivity contribution in [2.75, 3.05) is 19.6 Å². The predicted octanol–water partition coefficient (Wildman–Crippen LogP) is 5.35. The Morgan fingerprint density at radius 2 is 1.51 bits per heavy atom. The molecule has 0 aliphatic carbocycles. The molecule has 230 valence electrons. The Kier molecular flexibility index (Phi) is 11.5. The van der Waals surface area contributed by atoms with Crippen LogP contribution < -0.4 is 5.32 Å². The van der Waals surface area contributed by atoms with Crippen LogP contribution in [0.25, 0.3) is 0 Å². The van der Waals surface area contributed by atoms with Crippen LogP contribution in [0.4, 0.5) is 4.39 Å². The minimum absolute atomic E-state index is 0.129. The molecule has 3 aromatic rings. The molecule has 0 aromatic heterocycles. The van der Waals surface area contributed by atoms with Crippen LogP contribution in [0.15, 0.2) is 83.8 Å². The lowest BCUT2D eigenvalue weighted by Gasteiger charge is -2.32. The summed E-state index contributed by atoms with van der Waals surface area (Å²) in [4.78, 5) is 29.3. The van der Waals surface area contributed by atoms with Crippen LogP contribution >= 0.6 is 0 Å². The van der Waals surface area contributed by atoms with Gasteiger partial charge in [0.15, 0.2) is 0 Å².